The van der Waals surface area contributed by atoms with E-state index >= 15 is 0 Å². The number of piperidine rings is 1. The Kier molecular flexibility index (Phi) is 7.07. The largest absolute Gasteiger partial charge is 0.395 e. The second-order valence-electron chi connectivity index (χ2n) is 8.89. The van der Waals surface area contributed by atoms with Crippen LogP contribution in [-0.4, -0.2) is 82.2 Å². The highest BCUT2D eigenvalue weighted by Gasteiger charge is 2.21. The second kappa shape index (κ2) is 10.5. The molecular formula is C26H31N5O3. The van der Waals surface area contributed by atoms with E-state index in [1.54, 1.807) is 6.20 Å². The number of hydrogen-bond acceptors (Lipinski definition) is 7. The van der Waals surface area contributed by atoms with Crippen molar-refractivity contribution in [2.75, 3.05) is 50.9 Å². The Morgan fingerprint density at radius 1 is 1.09 bits per heavy atom. The van der Waals surface area contributed by atoms with Crippen molar-refractivity contribution in [1.29, 1.82) is 0 Å². The fraction of sp³-hybridized carbons (Fsp3) is 0.462. The third-order valence-corrected chi connectivity index (χ3v) is 6.54. The van der Waals surface area contributed by atoms with E-state index in [9.17, 15) is 5.11 Å². The van der Waals surface area contributed by atoms with Crippen LogP contribution in [0.15, 0.2) is 30.6 Å². The van der Waals surface area contributed by atoms with Crippen molar-refractivity contribution in [3.05, 3.63) is 41.7 Å². The van der Waals surface area contributed by atoms with Gasteiger partial charge < -0.3 is 24.8 Å². The maximum atomic E-state index is 9.79. The van der Waals surface area contributed by atoms with E-state index in [0.717, 1.165) is 92.5 Å². The third kappa shape index (κ3) is 5.08. The molecule has 5 heterocycles. The number of pyridine rings is 2. The van der Waals surface area contributed by atoms with Gasteiger partial charge in [0.05, 0.1) is 31.6 Å². The van der Waals surface area contributed by atoms with E-state index in [4.69, 9.17) is 14.8 Å². The van der Waals surface area contributed by atoms with Crippen molar-refractivity contribution in [3.8, 4) is 23.1 Å². The summed E-state index contributed by atoms with van der Waals surface area (Å²) in [7, 11) is 0. The summed E-state index contributed by atoms with van der Waals surface area (Å²) in [5.74, 6) is 7.04. The second-order valence-corrected chi connectivity index (χ2v) is 8.89. The Hall–Kier alpha value is -2.96. The first-order valence-electron chi connectivity index (χ1n) is 12.0. The van der Waals surface area contributed by atoms with Gasteiger partial charge in [0.25, 0.3) is 0 Å². The summed E-state index contributed by atoms with van der Waals surface area (Å²) in [6.45, 7) is 5.78. The molecule has 0 bridgehead atoms. The number of aromatic amines is 1. The van der Waals surface area contributed by atoms with Gasteiger partial charge in [-0.15, -0.1) is 0 Å². The third-order valence-electron chi connectivity index (χ3n) is 6.54. The zero-order valence-electron chi connectivity index (χ0n) is 19.3. The van der Waals surface area contributed by atoms with Gasteiger partial charge in [-0.25, -0.2) is 9.97 Å². The quantitative estimate of drug-likeness (QED) is 0.501. The van der Waals surface area contributed by atoms with Crippen molar-refractivity contribution >= 4 is 16.9 Å². The Morgan fingerprint density at radius 2 is 1.91 bits per heavy atom. The van der Waals surface area contributed by atoms with Crippen molar-refractivity contribution in [2.45, 2.75) is 31.9 Å². The monoisotopic (exact) mass is 461 g/mol. The number of morpholine rings is 1. The number of hydrogen-bond donors (Lipinski definition) is 3. The topological polar surface area (TPSA) is 97.7 Å². The molecule has 8 nitrogen and oxygen atoms in total. The molecule has 178 valence electrons. The van der Waals surface area contributed by atoms with Crippen LogP contribution in [0.1, 0.15) is 30.4 Å². The molecular weight excluding hydrogens is 430 g/mol. The summed E-state index contributed by atoms with van der Waals surface area (Å²) in [6, 6.07) is 6.27. The number of aliphatic hydroxyl groups is 2. The molecule has 3 N–H and O–H groups in total. The highest BCUT2D eigenvalue weighted by atomic mass is 16.5. The van der Waals surface area contributed by atoms with Crippen LogP contribution in [0.3, 0.4) is 0 Å². The molecule has 0 amide bonds. The Balaban J connectivity index is 1.48. The van der Waals surface area contributed by atoms with Crippen molar-refractivity contribution in [1.82, 2.24) is 19.9 Å². The zero-order valence-corrected chi connectivity index (χ0v) is 19.3. The number of H-pyrrole nitrogens is 1. The van der Waals surface area contributed by atoms with Gasteiger partial charge in [0.15, 0.2) is 0 Å². The lowest BCUT2D eigenvalue weighted by Gasteiger charge is -2.30. The maximum absolute atomic E-state index is 9.79. The van der Waals surface area contributed by atoms with Crippen LogP contribution in [0.2, 0.25) is 0 Å². The Bertz CT molecular complexity index is 1170. The molecule has 0 radical (unpaired) electrons. The van der Waals surface area contributed by atoms with Crippen LogP contribution in [0, 0.1) is 11.8 Å². The number of rotatable bonds is 5. The van der Waals surface area contributed by atoms with Crippen molar-refractivity contribution < 1.29 is 14.9 Å². The first-order valence-corrected chi connectivity index (χ1v) is 12.0. The van der Waals surface area contributed by atoms with Gasteiger partial charge in [-0.1, -0.05) is 11.8 Å². The Labute approximate surface area is 199 Å². The number of nitrogens with one attached hydrogen (secondary N) is 1. The van der Waals surface area contributed by atoms with Crippen LogP contribution in [-0.2, 0) is 11.3 Å². The van der Waals surface area contributed by atoms with Gasteiger partial charge in [0.1, 0.15) is 11.5 Å². The smallest absolute Gasteiger partial charge is 0.138 e. The summed E-state index contributed by atoms with van der Waals surface area (Å²) in [5.41, 5.74) is 4.92. The van der Waals surface area contributed by atoms with E-state index in [1.165, 1.54) is 5.56 Å². The summed E-state index contributed by atoms with van der Waals surface area (Å²) in [6.07, 6.45) is 5.52. The molecule has 2 aliphatic heterocycles. The fourth-order valence-corrected chi connectivity index (χ4v) is 4.62. The number of anilines is 1. The molecule has 3 aromatic rings. The van der Waals surface area contributed by atoms with Gasteiger partial charge in [-0.3, -0.25) is 4.90 Å². The fourth-order valence-electron chi connectivity index (χ4n) is 4.62. The molecule has 0 atom stereocenters. The summed E-state index contributed by atoms with van der Waals surface area (Å²) < 4.78 is 5.54. The van der Waals surface area contributed by atoms with E-state index in [0.29, 0.717) is 6.42 Å². The van der Waals surface area contributed by atoms with Gasteiger partial charge >= 0.3 is 0 Å². The highest BCUT2D eigenvalue weighted by Crippen LogP contribution is 2.32. The minimum absolute atomic E-state index is 0.0558. The predicted molar refractivity (Wildman–Crippen MR) is 131 cm³/mol. The molecule has 0 unspecified atom stereocenters. The van der Waals surface area contributed by atoms with Crippen LogP contribution in [0.5, 0.6) is 0 Å². The molecule has 0 aromatic carbocycles. The minimum atomic E-state index is -0.199. The lowest BCUT2D eigenvalue weighted by atomic mass is 10.0. The highest BCUT2D eigenvalue weighted by molar-refractivity contribution is 5.89. The van der Waals surface area contributed by atoms with Crippen LogP contribution in [0.25, 0.3) is 22.3 Å². The molecule has 0 aliphatic carbocycles. The van der Waals surface area contributed by atoms with E-state index in [1.807, 2.05) is 6.20 Å². The molecule has 2 fully saturated rings. The Morgan fingerprint density at radius 3 is 2.65 bits per heavy atom. The molecule has 34 heavy (non-hydrogen) atoms. The molecule has 8 heteroatoms. The molecule has 5 rings (SSSR count). The van der Waals surface area contributed by atoms with Gasteiger partial charge in [-0.05, 0) is 31.0 Å². The number of ether oxygens (including phenoxy) is 1. The molecule has 3 aromatic heterocycles. The first kappa shape index (κ1) is 22.8. The van der Waals surface area contributed by atoms with Gasteiger partial charge in [0.2, 0.25) is 0 Å². The van der Waals surface area contributed by atoms with Crippen LogP contribution < -0.4 is 4.90 Å². The summed E-state index contributed by atoms with van der Waals surface area (Å²) in [5, 5.41) is 19.9. The number of aromatic nitrogens is 3. The first-order chi connectivity index (χ1) is 16.7. The van der Waals surface area contributed by atoms with Crippen LogP contribution >= 0.6 is 0 Å². The van der Waals surface area contributed by atoms with Crippen molar-refractivity contribution in [2.24, 2.45) is 0 Å². The summed E-state index contributed by atoms with van der Waals surface area (Å²) >= 11 is 0. The SMILES string of the molecule is OCCC#Cc1cnc2[nH]c(-c3ccc(N4CCC(O)CC4)nc3)c(CN3CCOCC3)c2c1. The number of fused-ring (bicyclic) bond motifs is 1. The van der Waals surface area contributed by atoms with E-state index in [2.05, 4.69) is 49.8 Å². The van der Waals surface area contributed by atoms with Crippen molar-refractivity contribution in [3.63, 3.8) is 0 Å². The minimum Gasteiger partial charge on any atom is -0.395 e. The van der Waals surface area contributed by atoms with E-state index in [-0.39, 0.29) is 12.7 Å². The van der Waals surface area contributed by atoms with Crippen LogP contribution in [0.4, 0.5) is 5.82 Å². The van der Waals surface area contributed by atoms with Gasteiger partial charge in [-0.2, -0.15) is 0 Å². The lowest BCUT2D eigenvalue weighted by Crippen LogP contribution is -2.36. The average Bonchev–Trinajstić information content (AvgIpc) is 3.23. The lowest BCUT2D eigenvalue weighted by molar-refractivity contribution is 0.0344. The molecule has 0 spiro atoms. The predicted octanol–water partition coefficient (Wildman–Crippen LogP) is 2.15. The normalized spacial score (nSPS) is 17.6. The van der Waals surface area contributed by atoms with E-state index < -0.39 is 0 Å². The number of nitrogens with zero attached hydrogens (tertiary/aromatic N) is 4. The zero-order chi connectivity index (χ0) is 23.3. The number of aliphatic hydroxyl groups excluding tert-OH is 2. The standard InChI is InChI=1S/C26H31N5O3/c32-12-2-1-3-19-15-22-23(18-30-10-13-34-14-11-30)25(29-26(22)28-16-19)20-4-5-24(27-17-20)31-8-6-21(33)7-9-31/h4-5,15-17,21,32-33H,2,6-14,18H2,(H,28,29). The molecule has 2 saturated heterocycles. The average molecular weight is 462 g/mol. The summed E-state index contributed by atoms with van der Waals surface area (Å²) in [4.78, 5) is 17.6. The molecule has 2 aliphatic rings. The van der Waals surface area contributed by atoms with Gasteiger partial charge in [0, 0.05) is 73.6 Å². The maximum Gasteiger partial charge on any atom is 0.138 e. The molecule has 0 saturated carbocycles.